The number of nitrogens with two attached hydrogens (primary N) is 1. The van der Waals surface area contributed by atoms with Crippen molar-refractivity contribution >= 4 is 53.5 Å². The molecule has 1 aromatic carbocycles. The molecule has 0 atom stereocenters. The second-order valence-electron chi connectivity index (χ2n) is 4.17. The minimum absolute atomic E-state index is 0. The van der Waals surface area contributed by atoms with Crippen LogP contribution < -0.4 is 11.1 Å². The molecule has 2 aromatic rings. The number of carbonyl (C=O) groups is 1. The number of carbonyl (C=O) groups excluding carboxylic acids is 1. The summed E-state index contributed by atoms with van der Waals surface area (Å²) in [4.78, 5) is 16.4. The number of benzene rings is 1. The van der Waals surface area contributed by atoms with Gasteiger partial charge in [-0.25, -0.2) is 4.98 Å². The predicted molar refractivity (Wildman–Crippen MR) is 93.5 cm³/mol. The maximum atomic E-state index is 11.8. The highest BCUT2D eigenvalue weighted by Gasteiger charge is 2.12. The normalized spacial score (nSPS) is 9.81. The zero-order valence-electron chi connectivity index (χ0n) is 11.7. The predicted octanol–water partition coefficient (Wildman–Crippen LogP) is 1.82. The number of halogens is 2. The fourth-order valence-electron chi connectivity index (χ4n) is 1.95. The van der Waals surface area contributed by atoms with E-state index in [0.717, 1.165) is 22.6 Å². The molecule has 0 unspecified atom stereocenters. The van der Waals surface area contributed by atoms with Gasteiger partial charge in [-0.2, -0.15) is 11.8 Å². The number of imidazole rings is 1. The SMILES string of the molecule is CSCc1nc2ccccc2n1CC(=O)NCCN.Cl.Cl. The molecule has 8 heteroatoms. The van der Waals surface area contributed by atoms with Crippen molar-refractivity contribution in [3.63, 3.8) is 0 Å². The summed E-state index contributed by atoms with van der Waals surface area (Å²) in [6.45, 7) is 1.24. The van der Waals surface area contributed by atoms with Crippen molar-refractivity contribution in [1.29, 1.82) is 0 Å². The molecule has 1 aromatic heterocycles. The molecule has 21 heavy (non-hydrogen) atoms. The standard InChI is InChI=1S/C13H18N4OS.2ClH/c1-19-9-12-16-10-4-2-3-5-11(10)17(12)8-13(18)15-7-6-14;;/h2-5H,6-9,14H2,1H3,(H,15,18);2*1H. The van der Waals surface area contributed by atoms with Crippen LogP contribution in [0, 0.1) is 0 Å². The van der Waals surface area contributed by atoms with E-state index >= 15 is 0 Å². The molecule has 0 aliphatic heterocycles. The van der Waals surface area contributed by atoms with Crippen LogP contribution in [0.4, 0.5) is 0 Å². The third kappa shape index (κ3) is 5.07. The van der Waals surface area contributed by atoms with Crippen molar-refractivity contribution in [3.05, 3.63) is 30.1 Å². The molecule has 1 heterocycles. The van der Waals surface area contributed by atoms with Crippen molar-refractivity contribution in [3.8, 4) is 0 Å². The van der Waals surface area contributed by atoms with Crippen LogP contribution in [0.3, 0.4) is 0 Å². The Morgan fingerprint density at radius 3 is 2.76 bits per heavy atom. The highest BCUT2D eigenvalue weighted by atomic mass is 35.5. The van der Waals surface area contributed by atoms with Gasteiger partial charge in [-0.3, -0.25) is 4.79 Å². The third-order valence-electron chi connectivity index (χ3n) is 2.78. The van der Waals surface area contributed by atoms with E-state index in [-0.39, 0.29) is 37.3 Å². The second kappa shape index (κ2) is 9.89. The zero-order chi connectivity index (χ0) is 13.7. The van der Waals surface area contributed by atoms with E-state index < -0.39 is 0 Å². The molecular weight excluding hydrogens is 331 g/mol. The van der Waals surface area contributed by atoms with E-state index in [2.05, 4.69) is 10.3 Å². The number of amides is 1. The van der Waals surface area contributed by atoms with E-state index in [1.165, 1.54) is 0 Å². The number of para-hydroxylation sites is 2. The smallest absolute Gasteiger partial charge is 0.240 e. The summed E-state index contributed by atoms with van der Waals surface area (Å²) in [5, 5.41) is 2.79. The first-order valence-electron chi connectivity index (χ1n) is 6.16. The van der Waals surface area contributed by atoms with Crippen LogP contribution in [0.25, 0.3) is 11.0 Å². The summed E-state index contributed by atoms with van der Waals surface area (Å²) in [5.41, 5.74) is 7.30. The number of hydrogen-bond acceptors (Lipinski definition) is 4. The number of rotatable bonds is 6. The molecule has 0 radical (unpaired) electrons. The molecule has 0 aliphatic carbocycles. The topological polar surface area (TPSA) is 72.9 Å². The monoisotopic (exact) mass is 350 g/mol. The lowest BCUT2D eigenvalue weighted by Gasteiger charge is -2.08. The number of fused-ring (bicyclic) bond motifs is 1. The summed E-state index contributed by atoms with van der Waals surface area (Å²) in [6, 6.07) is 7.87. The Morgan fingerprint density at radius 1 is 1.38 bits per heavy atom. The minimum atomic E-state index is -0.0315. The number of nitrogens with zero attached hydrogens (tertiary/aromatic N) is 2. The first kappa shape index (κ1) is 20.1. The largest absolute Gasteiger partial charge is 0.353 e. The van der Waals surface area contributed by atoms with Gasteiger partial charge in [0.25, 0.3) is 0 Å². The lowest BCUT2D eigenvalue weighted by atomic mass is 10.3. The third-order valence-corrected chi connectivity index (χ3v) is 3.32. The maximum Gasteiger partial charge on any atom is 0.240 e. The van der Waals surface area contributed by atoms with Crippen LogP contribution in [-0.4, -0.2) is 34.8 Å². The van der Waals surface area contributed by atoms with Gasteiger partial charge in [0.2, 0.25) is 5.91 Å². The summed E-state index contributed by atoms with van der Waals surface area (Å²) in [6.07, 6.45) is 2.03. The van der Waals surface area contributed by atoms with Crippen LogP contribution in [0.1, 0.15) is 5.82 Å². The van der Waals surface area contributed by atoms with E-state index in [1.54, 1.807) is 11.8 Å². The molecular formula is C13H20Cl2N4OS. The van der Waals surface area contributed by atoms with Gasteiger partial charge >= 0.3 is 0 Å². The summed E-state index contributed by atoms with van der Waals surface area (Å²) in [7, 11) is 0. The Balaban J connectivity index is 0.00000200. The summed E-state index contributed by atoms with van der Waals surface area (Å²) in [5.74, 6) is 1.69. The molecule has 0 saturated carbocycles. The van der Waals surface area contributed by atoms with Crippen LogP contribution >= 0.6 is 36.6 Å². The van der Waals surface area contributed by atoms with Gasteiger partial charge in [0.15, 0.2) is 0 Å². The minimum Gasteiger partial charge on any atom is -0.353 e. The van der Waals surface area contributed by atoms with Crippen LogP contribution in [0.15, 0.2) is 24.3 Å². The van der Waals surface area contributed by atoms with Crippen molar-refractivity contribution in [2.75, 3.05) is 19.3 Å². The fraction of sp³-hybridized carbons (Fsp3) is 0.385. The average molecular weight is 351 g/mol. The highest BCUT2D eigenvalue weighted by molar-refractivity contribution is 7.97. The van der Waals surface area contributed by atoms with Gasteiger partial charge in [-0.05, 0) is 18.4 Å². The number of thioether (sulfide) groups is 1. The van der Waals surface area contributed by atoms with Crippen molar-refractivity contribution in [2.24, 2.45) is 5.73 Å². The Hall–Kier alpha value is -0.950. The molecule has 0 saturated heterocycles. The second-order valence-corrected chi connectivity index (χ2v) is 5.04. The lowest BCUT2D eigenvalue weighted by molar-refractivity contribution is -0.121. The molecule has 0 bridgehead atoms. The Bertz CT molecular complexity index is 576. The first-order chi connectivity index (χ1) is 9.26. The maximum absolute atomic E-state index is 11.8. The van der Waals surface area contributed by atoms with Gasteiger partial charge in [-0.15, -0.1) is 24.8 Å². The van der Waals surface area contributed by atoms with E-state index in [9.17, 15) is 4.79 Å². The Kier molecular flexibility index (Phi) is 9.44. The van der Waals surface area contributed by atoms with Gasteiger partial charge in [0, 0.05) is 13.1 Å². The van der Waals surface area contributed by atoms with Crippen molar-refractivity contribution in [2.45, 2.75) is 12.3 Å². The molecule has 0 fully saturated rings. The lowest BCUT2D eigenvalue weighted by Crippen LogP contribution is -2.32. The quantitative estimate of drug-likeness (QED) is 0.833. The summed E-state index contributed by atoms with van der Waals surface area (Å²) >= 11 is 1.69. The molecule has 2 rings (SSSR count). The fourth-order valence-corrected chi connectivity index (χ4v) is 2.43. The molecule has 1 amide bonds. The van der Waals surface area contributed by atoms with Crippen molar-refractivity contribution < 1.29 is 4.79 Å². The van der Waals surface area contributed by atoms with Gasteiger partial charge in [-0.1, -0.05) is 12.1 Å². The zero-order valence-corrected chi connectivity index (χ0v) is 14.2. The van der Waals surface area contributed by atoms with Gasteiger partial charge < -0.3 is 15.6 Å². The molecule has 3 N–H and O–H groups in total. The van der Waals surface area contributed by atoms with Gasteiger partial charge in [0.05, 0.1) is 16.8 Å². The van der Waals surface area contributed by atoms with E-state index in [0.29, 0.717) is 13.1 Å². The first-order valence-corrected chi connectivity index (χ1v) is 7.55. The Morgan fingerprint density at radius 2 is 2.10 bits per heavy atom. The summed E-state index contributed by atoms with van der Waals surface area (Å²) < 4.78 is 1.97. The van der Waals surface area contributed by atoms with E-state index in [4.69, 9.17) is 5.73 Å². The Labute approximate surface area is 140 Å². The van der Waals surface area contributed by atoms with Gasteiger partial charge in [0.1, 0.15) is 12.4 Å². The van der Waals surface area contributed by atoms with Crippen molar-refractivity contribution in [1.82, 2.24) is 14.9 Å². The number of nitrogens with one attached hydrogen (secondary N) is 1. The molecule has 0 aliphatic rings. The average Bonchev–Trinajstić information content (AvgIpc) is 2.75. The number of hydrogen-bond donors (Lipinski definition) is 2. The molecule has 118 valence electrons. The number of aromatic nitrogens is 2. The molecule has 0 spiro atoms. The van der Waals surface area contributed by atoms with Crippen LogP contribution in [0.2, 0.25) is 0 Å². The van der Waals surface area contributed by atoms with E-state index in [1.807, 2.05) is 35.1 Å². The highest BCUT2D eigenvalue weighted by Crippen LogP contribution is 2.18. The van der Waals surface area contributed by atoms with Crippen LogP contribution in [-0.2, 0) is 17.1 Å². The van der Waals surface area contributed by atoms with Crippen LogP contribution in [0.5, 0.6) is 0 Å². The molecule has 5 nitrogen and oxygen atoms in total.